The van der Waals surface area contributed by atoms with Crippen LogP contribution in [0.15, 0.2) is 32.8 Å². The van der Waals surface area contributed by atoms with Crippen molar-refractivity contribution in [3.8, 4) is 0 Å². The number of aromatic nitrogens is 4. The molecule has 1 fully saturated rings. The highest BCUT2D eigenvalue weighted by molar-refractivity contribution is 7.71. The molecule has 0 amide bonds. The molecule has 2 aromatic rings. The van der Waals surface area contributed by atoms with Crippen LogP contribution in [0.3, 0.4) is 0 Å². The van der Waals surface area contributed by atoms with Crippen LogP contribution in [0.2, 0.25) is 0 Å². The lowest BCUT2D eigenvalue weighted by Crippen LogP contribution is -2.24. The maximum atomic E-state index is 11.3. The number of hydrogen-bond acceptors (Lipinski definition) is 7. The molecule has 5 N–H and O–H groups in total. The molecule has 0 aromatic carbocycles. The van der Waals surface area contributed by atoms with Gasteiger partial charge in [0.25, 0.3) is 11.1 Å². The molecule has 2 aromatic heterocycles. The van der Waals surface area contributed by atoms with Crippen LogP contribution >= 0.6 is 12.2 Å². The fourth-order valence-corrected chi connectivity index (χ4v) is 2.50. The van der Waals surface area contributed by atoms with Crippen LogP contribution in [0, 0.1) is 11.7 Å². The Bertz CT molecular complexity index is 920. The Labute approximate surface area is 145 Å². The van der Waals surface area contributed by atoms with Crippen LogP contribution in [0.4, 0.5) is 0 Å². The molecule has 0 saturated carbocycles. The van der Waals surface area contributed by atoms with E-state index in [0.717, 1.165) is 0 Å². The molecule has 0 bridgehead atoms. The molecule has 0 unspecified atom stereocenters. The summed E-state index contributed by atoms with van der Waals surface area (Å²) in [4.78, 5) is 38.5. The first-order valence-electron chi connectivity index (χ1n) is 7.36. The summed E-state index contributed by atoms with van der Waals surface area (Å²) in [5, 5.41) is 18.6. The molecule has 0 radical (unpaired) electrons. The van der Waals surface area contributed by atoms with Crippen molar-refractivity contribution in [2.75, 3.05) is 6.61 Å². The number of hydrogen-bond donors (Lipinski definition) is 5. The summed E-state index contributed by atoms with van der Waals surface area (Å²) in [5.74, 6) is 0. The smallest absolute Gasteiger partial charge is 0.325 e. The number of H-pyrrole nitrogens is 3. The molecule has 10 nitrogen and oxygen atoms in total. The molecule has 0 aliphatic carbocycles. The average Bonchev–Trinajstić information content (AvgIpc) is 2.92. The number of nitrogens with zero attached hydrogens (tertiary/aromatic N) is 1. The number of rotatable bonds is 2. The van der Waals surface area contributed by atoms with Crippen molar-refractivity contribution >= 4 is 12.2 Å². The number of ether oxygens (including phenoxy) is 1. The monoisotopic (exact) mass is 370 g/mol. The number of aliphatic hydroxyl groups excluding tert-OH is 2. The van der Waals surface area contributed by atoms with Gasteiger partial charge in [0.05, 0.1) is 12.7 Å². The summed E-state index contributed by atoms with van der Waals surface area (Å²) in [5.41, 5.74) is -0.570. The van der Waals surface area contributed by atoms with E-state index in [-0.39, 0.29) is 22.5 Å². The van der Waals surface area contributed by atoms with E-state index in [1.807, 2.05) is 4.98 Å². The third-order valence-corrected chi connectivity index (χ3v) is 3.84. The minimum atomic E-state index is -0.723. The van der Waals surface area contributed by atoms with Crippen LogP contribution < -0.4 is 16.8 Å². The number of aliphatic hydroxyl groups is 2. The zero-order valence-corrected chi connectivity index (χ0v) is 14.1. The molecule has 0 spiro atoms. The third-order valence-electron chi connectivity index (χ3n) is 3.53. The largest absolute Gasteiger partial charge is 0.394 e. The number of nitrogens with one attached hydrogen (secondary N) is 3. The van der Waals surface area contributed by atoms with Gasteiger partial charge in [0, 0.05) is 30.4 Å². The number of aryl methyl sites for hydroxylation is 1. The Morgan fingerprint density at radius 2 is 2.08 bits per heavy atom. The second-order valence-electron chi connectivity index (χ2n) is 5.39. The van der Waals surface area contributed by atoms with E-state index < -0.39 is 24.1 Å². The van der Waals surface area contributed by atoms with E-state index in [0.29, 0.717) is 12.0 Å². The maximum Gasteiger partial charge on any atom is 0.325 e. The van der Waals surface area contributed by atoms with Gasteiger partial charge in [-0.1, -0.05) is 0 Å². The van der Waals surface area contributed by atoms with Crippen LogP contribution in [-0.4, -0.2) is 48.5 Å². The molecule has 1 saturated heterocycles. The minimum Gasteiger partial charge on any atom is -0.394 e. The van der Waals surface area contributed by atoms with Gasteiger partial charge >= 0.3 is 5.69 Å². The van der Waals surface area contributed by atoms with Gasteiger partial charge in [0.15, 0.2) is 4.77 Å². The molecule has 3 atom stereocenters. The zero-order chi connectivity index (χ0) is 18.6. The highest BCUT2D eigenvalue weighted by atomic mass is 32.1. The van der Waals surface area contributed by atoms with Crippen molar-refractivity contribution in [2.24, 2.45) is 0 Å². The van der Waals surface area contributed by atoms with Gasteiger partial charge in [-0.05, 0) is 19.1 Å². The van der Waals surface area contributed by atoms with E-state index in [2.05, 4.69) is 9.97 Å². The van der Waals surface area contributed by atoms with Gasteiger partial charge in [-0.3, -0.25) is 24.1 Å². The van der Waals surface area contributed by atoms with Crippen molar-refractivity contribution in [3.63, 3.8) is 0 Å². The highest BCUT2D eigenvalue weighted by Crippen LogP contribution is 2.28. The van der Waals surface area contributed by atoms with E-state index >= 15 is 0 Å². The second-order valence-corrected chi connectivity index (χ2v) is 5.78. The van der Waals surface area contributed by atoms with Gasteiger partial charge in [0.1, 0.15) is 12.3 Å². The lowest BCUT2D eigenvalue weighted by molar-refractivity contribution is -0.0453. The highest BCUT2D eigenvalue weighted by Gasteiger charge is 2.34. The fourth-order valence-electron chi connectivity index (χ4n) is 2.23. The quantitative estimate of drug-likeness (QED) is 0.421. The SMILES string of the molecule is Cc1cn([C@H]2C[C@H](O)[C@@H](CO)O2)c(=S)[nH]c1=O.O=c1cc[nH]c(=O)[nH]1. The summed E-state index contributed by atoms with van der Waals surface area (Å²) in [7, 11) is 0. The zero-order valence-electron chi connectivity index (χ0n) is 13.3. The molecule has 136 valence electrons. The summed E-state index contributed by atoms with van der Waals surface area (Å²) in [6.07, 6.45) is 1.45. The first-order chi connectivity index (χ1) is 11.8. The predicted molar refractivity (Wildman–Crippen MR) is 89.9 cm³/mol. The minimum absolute atomic E-state index is 0.233. The van der Waals surface area contributed by atoms with Gasteiger partial charge in [-0.15, -0.1) is 0 Å². The Kier molecular flexibility index (Phi) is 6.20. The van der Waals surface area contributed by atoms with Crippen molar-refractivity contribution in [1.29, 1.82) is 0 Å². The summed E-state index contributed by atoms with van der Waals surface area (Å²) < 4.78 is 7.29. The van der Waals surface area contributed by atoms with E-state index in [4.69, 9.17) is 22.1 Å². The lowest BCUT2D eigenvalue weighted by atomic mass is 10.2. The first kappa shape index (κ1) is 19.0. The van der Waals surface area contributed by atoms with E-state index in [1.165, 1.54) is 12.3 Å². The number of aromatic amines is 3. The topological polar surface area (TPSA) is 153 Å². The van der Waals surface area contributed by atoms with Crippen LogP contribution in [0.5, 0.6) is 0 Å². The van der Waals surface area contributed by atoms with Gasteiger partial charge in [-0.25, -0.2) is 4.79 Å². The molecule has 1 aliphatic rings. The van der Waals surface area contributed by atoms with Crippen LogP contribution in [0.1, 0.15) is 18.2 Å². The van der Waals surface area contributed by atoms with Gasteiger partial charge in [0.2, 0.25) is 0 Å². The average molecular weight is 370 g/mol. The summed E-state index contributed by atoms with van der Waals surface area (Å²) >= 11 is 5.03. The Hall–Kier alpha value is -2.34. The van der Waals surface area contributed by atoms with Gasteiger partial charge in [-0.2, -0.15) is 0 Å². The standard InChI is InChI=1S/C10H14N2O4S.C4H4N2O2/c1-5-3-12(10(17)11-9(5)15)8-2-6(14)7(4-13)16-8;7-3-1-2-5-4(8)6-3/h3,6-8,13-14H,2,4H2,1H3,(H,11,15,17);1-2H,(H2,5,6,7,8)/t6-,7+,8+;/m0./s1. The summed E-state index contributed by atoms with van der Waals surface area (Å²) in [6.45, 7) is 1.42. The summed E-state index contributed by atoms with van der Waals surface area (Å²) in [6, 6.07) is 1.24. The third kappa shape index (κ3) is 4.82. The molecule has 1 aliphatic heterocycles. The maximum absolute atomic E-state index is 11.3. The Morgan fingerprint density at radius 1 is 1.36 bits per heavy atom. The van der Waals surface area contributed by atoms with Gasteiger partial charge < -0.3 is 19.9 Å². The van der Waals surface area contributed by atoms with Crippen molar-refractivity contribution < 1.29 is 14.9 Å². The van der Waals surface area contributed by atoms with E-state index in [1.54, 1.807) is 17.7 Å². The molecule has 3 heterocycles. The van der Waals surface area contributed by atoms with Crippen molar-refractivity contribution in [2.45, 2.75) is 31.8 Å². The van der Waals surface area contributed by atoms with Crippen LogP contribution in [-0.2, 0) is 4.74 Å². The van der Waals surface area contributed by atoms with Crippen LogP contribution in [0.25, 0.3) is 0 Å². The molecule has 3 rings (SSSR count). The van der Waals surface area contributed by atoms with Crippen molar-refractivity contribution in [1.82, 2.24) is 19.5 Å². The second kappa shape index (κ2) is 8.16. The Morgan fingerprint density at radius 3 is 2.60 bits per heavy atom. The molecular weight excluding hydrogens is 352 g/mol. The molecular formula is C14H18N4O6S. The van der Waals surface area contributed by atoms with Crippen molar-refractivity contribution in [3.05, 3.63) is 60.0 Å². The Balaban J connectivity index is 0.000000236. The molecule has 11 heteroatoms. The lowest BCUT2D eigenvalue weighted by Gasteiger charge is -2.15. The first-order valence-corrected chi connectivity index (χ1v) is 7.77. The van der Waals surface area contributed by atoms with E-state index in [9.17, 15) is 19.5 Å². The fraction of sp³-hybridized carbons (Fsp3) is 0.429. The predicted octanol–water partition coefficient (Wildman–Crippen LogP) is -1.08. The molecule has 25 heavy (non-hydrogen) atoms. The normalized spacial score (nSPS) is 22.3.